The minimum Gasteiger partial charge on any atom is -0.467 e. The van der Waals surface area contributed by atoms with E-state index in [0.29, 0.717) is 6.54 Å². The molecule has 0 spiro atoms. The molecular weight excluding hydrogens is 266 g/mol. The molecule has 1 aliphatic carbocycles. The topological polar surface area (TPSA) is 60.1 Å². The molecule has 21 heavy (non-hydrogen) atoms. The molecule has 0 fully saturated rings. The van der Waals surface area contributed by atoms with Crippen LogP contribution in [0.2, 0.25) is 0 Å². The van der Waals surface area contributed by atoms with Crippen molar-refractivity contribution in [2.24, 2.45) is 5.92 Å². The van der Waals surface area contributed by atoms with Gasteiger partial charge in [0.2, 0.25) is 5.91 Å². The van der Waals surface area contributed by atoms with Gasteiger partial charge in [-0.15, -0.1) is 0 Å². The van der Waals surface area contributed by atoms with Crippen molar-refractivity contribution in [1.29, 1.82) is 0 Å². The van der Waals surface area contributed by atoms with Crippen molar-refractivity contribution in [1.82, 2.24) is 15.1 Å². The molecular formula is C16H19N3O2. The predicted molar refractivity (Wildman–Crippen MR) is 78.6 cm³/mol. The molecule has 2 atom stereocenters. The average Bonchev–Trinajstić information content (AvgIpc) is 3.22. The Morgan fingerprint density at radius 1 is 1.48 bits per heavy atom. The number of allylic oxidation sites excluding steroid dienone is 2. The van der Waals surface area contributed by atoms with E-state index in [1.165, 1.54) is 0 Å². The maximum Gasteiger partial charge on any atom is 0.223 e. The van der Waals surface area contributed by atoms with E-state index in [2.05, 4.69) is 22.6 Å². The fourth-order valence-electron chi connectivity index (χ4n) is 2.64. The van der Waals surface area contributed by atoms with E-state index in [1.807, 2.05) is 24.4 Å². The van der Waals surface area contributed by atoms with Crippen LogP contribution in [-0.4, -0.2) is 22.2 Å². The number of rotatable bonds is 5. The molecule has 5 nitrogen and oxygen atoms in total. The number of hydrogen-bond acceptors (Lipinski definition) is 3. The van der Waals surface area contributed by atoms with Crippen molar-refractivity contribution in [3.05, 3.63) is 54.8 Å². The lowest BCUT2D eigenvalue weighted by atomic mass is 9.93. The van der Waals surface area contributed by atoms with E-state index in [0.717, 1.165) is 25.0 Å². The van der Waals surface area contributed by atoms with E-state index in [9.17, 15) is 4.79 Å². The van der Waals surface area contributed by atoms with E-state index >= 15 is 0 Å². The van der Waals surface area contributed by atoms with Gasteiger partial charge in [0, 0.05) is 24.9 Å². The lowest BCUT2D eigenvalue weighted by Crippen LogP contribution is -2.36. The molecule has 0 radical (unpaired) electrons. The predicted octanol–water partition coefficient (Wildman–Crippen LogP) is 2.54. The SMILES string of the molecule is O=C(NC[C@H](c1ccco1)n1cccn1)[C@@H]1CC=CCC1. The van der Waals surface area contributed by atoms with Crippen molar-refractivity contribution in [2.45, 2.75) is 25.3 Å². The van der Waals surface area contributed by atoms with Gasteiger partial charge < -0.3 is 9.73 Å². The Labute approximate surface area is 123 Å². The second-order valence-electron chi connectivity index (χ2n) is 5.24. The van der Waals surface area contributed by atoms with Crippen LogP contribution in [0, 0.1) is 5.92 Å². The zero-order valence-electron chi connectivity index (χ0n) is 11.8. The van der Waals surface area contributed by atoms with Crippen LogP contribution >= 0.6 is 0 Å². The second kappa shape index (κ2) is 6.43. The molecule has 2 aromatic heterocycles. The molecule has 5 heteroatoms. The highest BCUT2D eigenvalue weighted by molar-refractivity contribution is 5.79. The van der Waals surface area contributed by atoms with Gasteiger partial charge in [0.05, 0.1) is 6.26 Å². The second-order valence-corrected chi connectivity index (χ2v) is 5.24. The van der Waals surface area contributed by atoms with Gasteiger partial charge in [-0.25, -0.2) is 0 Å². The molecule has 1 amide bonds. The van der Waals surface area contributed by atoms with Crippen LogP contribution in [0.5, 0.6) is 0 Å². The first-order chi connectivity index (χ1) is 10.3. The average molecular weight is 285 g/mol. The number of hydrogen-bond donors (Lipinski definition) is 1. The number of furan rings is 1. The summed E-state index contributed by atoms with van der Waals surface area (Å²) in [6.07, 6.45) is 12.2. The zero-order valence-corrected chi connectivity index (χ0v) is 11.8. The summed E-state index contributed by atoms with van der Waals surface area (Å²) in [5.41, 5.74) is 0. The van der Waals surface area contributed by atoms with Crippen LogP contribution in [-0.2, 0) is 4.79 Å². The molecule has 3 rings (SSSR count). The van der Waals surface area contributed by atoms with Gasteiger partial charge in [0.25, 0.3) is 0 Å². The lowest BCUT2D eigenvalue weighted by molar-refractivity contribution is -0.125. The Morgan fingerprint density at radius 3 is 3.10 bits per heavy atom. The minimum absolute atomic E-state index is 0.0878. The van der Waals surface area contributed by atoms with E-state index in [-0.39, 0.29) is 17.9 Å². The van der Waals surface area contributed by atoms with Gasteiger partial charge in [-0.05, 0) is 37.5 Å². The molecule has 0 bridgehead atoms. The van der Waals surface area contributed by atoms with Crippen LogP contribution in [0.4, 0.5) is 0 Å². The number of nitrogens with zero attached hydrogens (tertiary/aromatic N) is 2. The van der Waals surface area contributed by atoms with Gasteiger partial charge in [-0.1, -0.05) is 12.2 Å². The monoisotopic (exact) mass is 285 g/mol. The van der Waals surface area contributed by atoms with Crippen LogP contribution in [0.25, 0.3) is 0 Å². The fourth-order valence-corrected chi connectivity index (χ4v) is 2.64. The van der Waals surface area contributed by atoms with Crippen molar-refractivity contribution >= 4 is 5.91 Å². The fraction of sp³-hybridized carbons (Fsp3) is 0.375. The molecule has 2 aromatic rings. The summed E-state index contributed by atoms with van der Waals surface area (Å²) in [5, 5.41) is 7.29. The first-order valence-electron chi connectivity index (χ1n) is 7.30. The van der Waals surface area contributed by atoms with Gasteiger partial charge in [0.15, 0.2) is 0 Å². The van der Waals surface area contributed by atoms with Crippen LogP contribution in [0.15, 0.2) is 53.4 Å². The largest absolute Gasteiger partial charge is 0.467 e. The van der Waals surface area contributed by atoms with Crippen LogP contribution in [0.3, 0.4) is 0 Å². The van der Waals surface area contributed by atoms with E-state index < -0.39 is 0 Å². The van der Waals surface area contributed by atoms with Crippen LogP contribution in [0.1, 0.15) is 31.1 Å². The summed E-state index contributed by atoms with van der Waals surface area (Å²) in [6.45, 7) is 0.480. The highest BCUT2D eigenvalue weighted by atomic mass is 16.3. The smallest absolute Gasteiger partial charge is 0.223 e. The van der Waals surface area contributed by atoms with Crippen molar-refractivity contribution in [3.8, 4) is 0 Å². The van der Waals surface area contributed by atoms with Gasteiger partial charge in [-0.2, -0.15) is 5.10 Å². The first kappa shape index (κ1) is 13.7. The summed E-state index contributed by atoms with van der Waals surface area (Å²) in [4.78, 5) is 12.2. The third kappa shape index (κ3) is 3.24. The zero-order chi connectivity index (χ0) is 14.5. The standard InChI is InChI=1S/C16H19N3O2/c20-16(13-6-2-1-3-7-13)17-12-14(15-8-4-11-21-15)19-10-5-9-18-19/h1-2,4-5,8-11,13-14H,3,6-7,12H2,(H,17,20)/t13-,14-/m1/s1. The summed E-state index contributed by atoms with van der Waals surface area (Å²) in [5.74, 6) is 0.996. The van der Waals surface area contributed by atoms with Crippen molar-refractivity contribution in [2.75, 3.05) is 6.54 Å². The van der Waals surface area contributed by atoms with Crippen LogP contribution < -0.4 is 5.32 Å². The highest BCUT2D eigenvalue weighted by Crippen LogP contribution is 2.20. The third-order valence-electron chi connectivity index (χ3n) is 3.83. The first-order valence-corrected chi connectivity index (χ1v) is 7.30. The number of aromatic nitrogens is 2. The normalized spacial score (nSPS) is 19.3. The molecule has 0 saturated heterocycles. The van der Waals surface area contributed by atoms with Crippen molar-refractivity contribution in [3.63, 3.8) is 0 Å². The van der Waals surface area contributed by atoms with Gasteiger partial charge in [-0.3, -0.25) is 9.48 Å². The molecule has 110 valence electrons. The lowest BCUT2D eigenvalue weighted by Gasteiger charge is -2.20. The Kier molecular flexibility index (Phi) is 4.19. The summed E-state index contributed by atoms with van der Waals surface area (Å²) >= 11 is 0. The molecule has 2 heterocycles. The highest BCUT2D eigenvalue weighted by Gasteiger charge is 2.22. The number of amides is 1. The Morgan fingerprint density at radius 2 is 2.43 bits per heavy atom. The summed E-state index contributed by atoms with van der Waals surface area (Å²) < 4.78 is 7.28. The number of nitrogens with one attached hydrogen (secondary N) is 1. The molecule has 0 unspecified atom stereocenters. The molecule has 1 N–H and O–H groups in total. The maximum atomic E-state index is 12.2. The summed E-state index contributed by atoms with van der Waals surface area (Å²) in [7, 11) is 0. The molecule has 0 aromatic carbocycles. The number of carbonyl (C=O) groups excluding carboxylic acids is 1. The quantitative estimate of drug-likeness (QED) is 0.859. The maximum absolute atomic E-state index is 12.2. The van der Waals surface area contributed by atoms with Crippen molar-refractivity contribution < 1.29 is 9.21 Å². The number of carbonyl (C=O) groups is 1. The minimum atomic E-state index is -0.113. The third-order valence-corrected chi connectivity index (χ3v) is 3.83. The Balaban J connectivity index is 1.65. The van der Waals surface area contributed by atoms with E-state index in [1.54, 1.807) is 17.1 Å². The van der Waals surface area contributed by atoms with Gasteiger partial charge in [0.1, 0.15) is 11.8 Å². The molecule has 0 saturated carbocycles. The molecule has 1 aliphatic rings. The summed E-state index contributed by atoms with van der Waals surface area (Å²) in [6, 6.07) is 5.50. The Bertz CT molecular complexity index is 553. The molecule has 0 aliphatic heterocycles. The Hall–Kier alpha value is -2.30. The van der Waals surface area contributed by atoms with E-state index in [4.69, 9.17) is 4.42 Å². The van der Waals surface area contributed by atoms with Gasteiger partial charge >= 0.3 is 0 Å².